The van der Waals surface area contributed by atoms with E-state index in [-0.39, 0.29) is 25.1 Å². The minimum atomic E-state index is -0.646. The lowest BCUT2D eigenvalue weighted by Crippen LogP contribution is -2.59. The first-order chi connectivity index (χ1) is 16.6. The van der Waals surface area contributed by atoms with Crippen molar-refractivity contribution >= 4 is 19.1 Å². The molecule has 2 saturated heterocycles. The van der Waals surface area contributed by atoms with Gasteiger partial charge in [0.2, 0.25) is 5.91 Å². The zero-order valence-corrected chi connectivity index (χ0v) is 21.6. The number of carbonyl (C=O) groups excluding carboxylic acids is 2. The van der Waals surface area contributed by atoms with Crippen molar-refractivity contribution in [1.29, 1.82) is 0 Å². The number of hydrogen-bond donors (Lipinski definition) is 2. The number of benzene rings is 1. The minimum Gasteiger partial charge on any atom is -0.402 e. The summed E-state index contributed by atoms with van der Waals surface area (Å²) in [4.78, 5) is 27.1. The second-order valence-electron chi connectivity index (χ2n) is 10.4. The Kier molecular flexibility index (Phi) is 9.20. The van der Waals surface area contributed by atoms with Crippen LogP contribution in [0.25, 0.3) is 0 Å². The lowest BCUT2D eigenvalue weighted by atomic mass is 9.74. The Balaban J connectivity index is 1.76. The van der Waals surface area contributed by atoms with Crippen molar-refractivity contribution in [3.8, 4) is 0 Å². The van der Waals surface area contributed by atoms with Gasteiger partial charge in [0, 0.05) is 13.7 Å². The van der Waals surface area contributed by atoms with Crippen molar-refractivity contribution in [1.82, 2.24) is 10.2 Å². The number of carbonyl (C=O) groups is 2. The van der Waals surface area contributed by atoms with Crippen molar-refractivity contribution < 1.29 is 28.4 Å². The number of nitrogens with two attached hydrogens (primary N) is 1. The van der Waals surface area contributed by atoms with Crippen molar-refractivity contribution in [3.63, 3.8) is 0 Å². The first-order valence-corrected chi connectivity index (χ1v) is 12.4. The Hall–Kier alpha value is -2.14. The van der Waals surface area contributed by atoms with Crippen molar-refractivity contribution in [2.24, 2.45) is 11.7 Å². The number of aryl methyl sites for hydroxylation is 1. The van der Waals surface area contributed by atoms with E-state index in [1.807, 2.05) is 45.9 Å². The van der Waals surface area contributed by atoms with Crippen molar-refractivity contribution in [3.05, 3.63) is 35.9 Å². The SMILES string of the molecule is COC[C@H](C(=O)N[C@@H](CCCc1ccccc1)B1OC(C)(C)C(C)(C)O1)C1COCCN1C(N)=O. The summed E-state index contributed by atoms with van der Waals surface area (Å²) in [6.07, 6.45) is 2.38. The summed E-state index contributed by atoms with van der Waals surface area (Å²) in [6, 6.07) is 9.15. The third-order valence-corrected chi connectivity index (χ3v) is 7.35. The van der Waals surface area contributed by atoms with Crippen molar-refractivity contribution in [2.75, 3.05) is 33.5 Å². The second kappa shape index (κ2) is 11.7. The lowest BCUT2D eigenvalue weighted by Gasteiger charge is -2.38. The molecule has 10 heteroatoms. The molecule has 3 amide bonds. The number of morpholine rings is 1. The summed E-state index contributed by atoms with van der Waals surface area (Å²) in [6.45, 7) is 9.05. The van der Waals surface area contributed by atoms with Gasteiger partial charge < -0.3 is 34.7 Å². The third-order valence-electron chi connectivity index (χ3n) is 7.35. The lowest BCUT2D eigenvalue weighted by molar-refractivity contribution is -0.132. The van der Waals surface area contributed by atoms with Crippen LogP contribution < -0.4 is 11.1 Å². The molecule has 1 unspecified atom stereocenters. The van der Waals surface area contributed by atoms with E-state index in [0.29, 0.717) is 19.6 Å². The van der Waals surface area contributed by atoms with E-state index >= 15 is 0 Å². The average molecular weight is 489 g/mol. The number of nitrogens with zero attached hydrogens (tertiary/aromatic N) is 1. The molecule has 1 aromatic rings. The number of hydrogen-bond acceptors (Lipinski definition) is 6. The molecule has 0 bridgehead atoms. The number of methoxy groups -OCH3 is 1. The van der Waals surface area contributed by atoms with Crippen LogP contribution >= 0.6 is 0 Å². The second-order valence-corrected chi connectivity index (χ2v) is 10.4. The van der Waals surface area contributed by atoms with Gasteiger partial charge in [0.15, 0.2) is 0 Å². The van der Waals surface area contributed by atoms with Gasteiger partial charge in [-0.3, -0.25) is 4.79 Å². The summed E-state index contributed by atoms with van der Waals surface area (Å²) in [5.74, 6) is -1.27. The summed E-state index contributed by atoms with van der Waals surface area (Å²) in [5, 5.41) is 3.16. The molecule has 0 aliphatic carbocycles. The molecule has 0 aromatic heterocycles. The van der Waals surface area contributed by atoms with Gasteiger partial charge in [-0.15, -0.1) is 0 Å². The first-order valence-electron chi connectivity index (χ1n) is 12.4. The van der Waals surface area contributed by atoms with Crippen LogP contribution in [0.3, 0.4) is 0 Å². The van der Waals surface area contributed by atoms with Crippen LogP contribution in [0.5, 0.6) is 0 Å². The van der Waals surface area contributed by atoms with Gasteiger partial charge in [-0.05, 0) is 52.5 Å². The van der Waals surface area contributed by atoms with Gasteiger partial charge in [-0.1, -0.05) is 30.3 Å². The molecule has 2 heterocycles. The fraction of sp³-hybridized carbons (Fsp3) is 0.680. The van der Waals surface area contributed by atoms with E-state index in [2.05, 4.69) is 17.4 Å². The van der Waals surface area contributed by atoms with E-state index < -0.39 is 36.3 Å². The van der Waals surface area contributed by atoms with Gasteiger partial charge in [0.25, 0.3) is 0 Å². The standard InChI is InChI=1S/C25H40BN3O6/c1-24(2)25(3,4)35-26(34-24)21(13-9-12-18-10-7-6-8-11-18)28-22(30)19(16-32-5)20-17-33-15-14-29(20)23(27)31/h6-8,10-11,19-21H,9,12-17H2,1-5H3,(H2,27,31)(H,28,30)/t19-,20?,21-/m0/s1. The third kappa shape index (κ3) is 6.75. The summed E-state index contributed by atoms with van der Waals surface area (Å²) < 4.78 is 23.5. The van der Waals surface area contributed by atoms with E-state index in [1.165, 1.54) is 17.6 Å². The highest BCUT2D eigenvalue weighted by molar-refractivity contribution is 6.48. The number of urea groups is 1. The number of ether oxygens (including phenoxy) is 2. The van der Waals surface area contributed by atoms with Crippen LogP contribution in [0.15, 0.2) is 30.3 Å². The predicted molar refractivity (Wildman–Crippen MR) is 134 cm³/mol. The van der Waals surface area contributed by atoms with E-state index in [9.17, 15) is 9.59 Å². The average Bonchev–Trinajstić information content (AvgIpc) is 3.04. The molecule has 1 aromatic carbocycles. The number of nitrogens with one attached hydrogen (secondary N) is 1. The van der Waals surface area contributed by atoms with Gasteiger partial charge in [-0.25, -0.2) is 4.79 Å². The van der Waals surface area contributed by atoms with Crippen LogP contribution in [0, 0.1) is 5.92 Å². The molecule has 3 atom stereocenters. The molecule has 0 radical (unpaired) electrons. The Bertz CT molecular complexity index is 837. The zero-order valence-electron chi connectivity index (χ0n) is 21.6. The largest absolute Gasteiger partial charge is 0.481 e. The predicted octanol–water partition coefficient (Wildman–Crippen LogP) is 2.17. The Morgan fingerprint density at radius 2 is 1.86 bits per heavy atom. The Labute approximate surface area is 209 Å². The quantitative estimate of drug-likeness (QED) is 0.488. The molecule has 0 saturated carbocycles. The maximum absolute atomic E-state index is 13.6. The smallest absolute Gasteiger partial charge is 0.402 e. The molecule has 2 aliphatic heterocycles. The highest BCUT2D eigenvalue weighted by atomic mass is 16.7. The molecule has 3 N–H and O–H groups in total. The van der Waals surface area contributed by atoms with Crippen LogP contribution in [-0.2, 0) is 30.0 Å². The van der Waals surface area contributed by atoms with Crippen molar-refractivity contribution in [2.45, 2.75) is 70.1 Å². The van der Waals surface area contributed by atoms with Gasteiger partial charge in [0.1, 0.15) is 0 Å². The molecule has 0 spiro atoms. The zero-order chi connectivity index (χ0) is 25.6. The topological polar surface area (TPSA) is 112 Å². The molecular formula is C25H40BN3O6. The maximum atomic E-state index is 13.6. The Morgan fingerprint density at radius 3 is 2.46 bits per heavy atom. The molecule has 2 aliphatic rings. The summed E-state index contributed by atoms with van der Waals surface area (Å²) >= 11 is 0. The van der Waals surface area contributed by atoms with Gasteiger partial charge in [0.05, 0.1) is 48.9 Å². The van der Waals surface area contributed by atoms with Crippen LogP contribution in [-0.4, -0.2) is 80.6 Å². The molecule has 194 valence electrons. The van der Waals surface area contributed by atoms with Crippen LogP contribution in [0.4, 0.5) is 4.79 Å². The minimum absolute atomic E-state index is 0.129. The molecule has 9 nitrogen and oxygen atoms in total. The maximum Gasteiger partial charge on any atom is 0.481 e. The molecule has 3 rings (SSSR count). The monoisotopic (exact) mass is 489 g/mol. The van der Waals surface area contributed by atoms with Crippen LogP contribution in [0.1, 0.15) is 46.1 Å². The summed E-state index contributed by atoms with van der Waals surface area (Å²) in [5.41, 5.74) is 5.78. The normalized spacial score (nSPS) is 23.1. The van der Waals surface area contributed by atoms with Crippen LogP contribution in [0.2, 0.25) is 0 Å². The van der Waals surface area contributed by atoms with E-state index in [1.54, 1.807) is 0 Å². The first kappa shape index (κ1) is 27.5. The van der Waals surface area contributed by atoms with E-state index in [4.69, 9.17) is 24.5 Å². The van der Waals surface area contributed by atoms with E-state index in [0.717, 1.165) is 12.8 Å². The number of amides is 3. The molecular weight excluding hydrogens is 449 g/mol. The van der Waals surface area contributed by atoms with Gasteiger partial charge >= 0.3 is 13.1 Å². The fourth-order valence-corrected chi connectivity index (χ4v) is 4.56. The molecule has 35 heavy (non-hydrogen) atoms. The highest BCUT2D eigenvalue weighted by Gasteiger charge is 2.54. The highest BCUT2D eigenvalue weighted by Crippen LogP contribution is 2.38. The fourth-order valence-electron chi connectivity index (χ4n) is 4.56. The number of rotatable bonds is 10. The van der Waals surface area contributed by atoms with Gasteiger partial charge in [-0.2, -0.15) is 0 Å². The Morgan fingerprint density at radius 1 is 1.20 bits per heavy atom. The summed E-state index contributed by atoms with van der Waals surface area (Å²) in [7, 11) is 0.933. The molecule has 2 fully saturated rings. The number of primary amides is 1.